The highest BCUT2D eigenvalue weighted by atomic mass is 35.5. The van der Waals surface area contributed by atoms with Crippen molar-refractivity contribution in [3.05, 3.63) is 64.6 Å². The number of aromatic nitrogens is 1. The summed E-state index contributed by atoms with van der Waals surface area (Å²) in [6, 6.07) is 11.6. The van der Waals surface area contributed by atoms with Gasteiger partial charge in [-0.3, -0.25) is 4.79 Å². The summed E-state index contributed by atoms with van der Waals surface area (Å²) in [6.45, 7) is 1.93. The van der Waals surface area contributed by atoms with E-state index >= 15 is 0 Å². The van der Waals surface area contributed by atoms with Crippen LogP contribution in [0.1, 0.15) is 16.1 Å². The van der Waals surface area contributed by atoms with Crippen molar-refractivity contribution >= 4 is 34.1 Å². The minimum absolute atomic E-state index is 0.0879. The van der Waals surface area contributed by atoms with Gasteiger partial charge in [0.1, 0.15) is 5.82 Å². The monoisotopic (exact) mass is 302 g/mol. The minimum Gasteiger partial charge on any atom is -0.359 e. The molecule has 0 saturated heterocycles. The van der Waals surface area contributed by atoms with E-state index in [1.54, 1.807) is 6.07 Å². The summed E-state index contributed by atoms with van der Waals surface area (Å²) >= 11 is 5.91. The smallest absolute Gasteiger partial charge is 0.260 e. The van der Waals surface area contributed by atoms with E-state index in [2.05, 4.69) is 10.3 Å². The van der Waals surface area contributed by atoms with Crippen LogP contribution in [0.2, 0.25) is 5.02 Å². The second-order valence-corrected chi connectivity index (χ2v) is 5.18. The Hall–Kier alpha value is -2.33. The fourth-order valence-corrected chi connectivity index (χ4v) is 2.55. The number of nitrogens with one attached hydrogen (secondary N) is 2. The van der Waals surface area contributed by atoms with Gasteiger partial charge in [0, 0.05) is 16.6 Å². The van der Waals surface area contributed by atoms with Crippen LogP contribution in [0.3, 0.4) is 0 Å². The largest absolute Gasteiger partial charge is 0.359 e. The van der Waals surface area contributed by atoms with Crippen molar-refractivity contribution < 1.29 is 9.18 Å². The Balaban J connectivity index is 2.00. The number of fused-ring (bicyclic) bond motifs is 1. The third-order valence-corrected chi connectivity index (χ3v) is 3.55. The van der Waals surface area contributed by atoms with Crippen LogP contribution in [-0.2, 0) is 0 Å². The van der Waals surface area contributed by atoms with Gasteiger partial charge in [-0.25, -0.2) is 4.39 Å². The molecular weight excluding hydrogens is 291 g/mol. The molecule has 0 bridgehead atoms. The number of H-pyrrole nitrogens is 1. The third kappa shape index (κ3) is 2.50. The van der Waals surface area contributed by atoms with Gasteiger partial charge in [0.2, 0.25) is 0 Å². The van der Waals surface area contributed by atoms with Crippen LogP contribution in [0, 0.1) is 12.7 Å². The van der Waals surface area contributed by atoms with Gasteiger partial charge >= 0.3 is 0 Å². The van der Waals surface area contributed by atoms with E-state index in [1.807, 2.05) is 25.1 Å². The van der Waals surface area contributed by atoms with Crippen molar-refractivity contribution in [3.8, 4) is 0 Å². The van der Waals surface area contributed by atoms with Crippen molar-refractivity contribution in [1.29, 1.82) is 0 Å². The zero-order valence-electron chi connectivity index (χ0n) is 11.2. The Kier molecular flexibility index (Phi) is 3.39. The second-order valence-electron chi connectivity index (χ2n) is 4.77. The lowest BCUT2D eigenvalue weighted by molar-refractivity contribution is 0.102. The van der Waals surface area contributed by atoms with E-state index in [-0.39, 0.29) is 10.6 Å². The summed E-state index contributed by atoms with van der Waals surface area (Å²) in [6.07, 6.45) is 0. The minimum atomic E-state index is -0.641. The highest BCUT2D eigenvalue weighted by molar-refractivity contribution is 6.34. The molecule has 0 fully saturated rings. The van der Waals surface area contributed by atoms with E-state index < -0.39 is 11.7 Å². The van der Waals surface area contributed by atoms with Gasteiger partial charge < -0.3 is 10.3 Å². The van der Waals surface area contributed by atoms with Gasteiger partial charge in [-0.2, -0.15) is 0 Å². The summed E-state index contributed by atoms with van der Waals surface area (Å²) in [7, 11) is 0. The van der Waals surface area contributed by atoms with Crippen molar-refractivity contribution in [3.63, 3.8) is 0 Å². The van der Waals surface area contributed by atoms with Gasteiger partial charge in [-0.05, 0) is 37.3 Å². The Morgan fingerprint density at radius 3 is 2.76 bits per heavy atom. The first-order valence-electron chi connectivity index (χ1n) is 6.40. The molecule has 0 aliphatic carbocycles. The van der Waals surface area contributed by atoms with Crippen molar-refractivity contribution in [2.45, 2.75) is 6.92 Å². The van der Waals surface area contributed by atoms with E-state index in [9.17, 15) is 9.18 Å². The number of carbonyl (C=O) groups excluding carboxylic acids is 1. The molecule has 1 aromatic heterocycles. The number of rotatable bonds is 2. The molecule has 0 saturated carbocycles. The number of carbonyl (C=O) groups is 1. The second kappa shape index (κ2) is 5.22. The number of hydrogen-bond acceptors (Lipinski definition) is 1. The van der Waals surface area contributed by atoms with Crippen LogP contribution in [0.4, 0.5) is 10.1 Å². The molecule has 3 nitrogen and oxygen atoms in total. The number of halogens is 2. The Labute approximate surface area is 125 Å². The Morgan fingerprint density at radius 2 is 2.00 bits per heavy atom. The van der Waals surface area contributed by atoms with Gasteiger partial charge in [0.15, 0.2) is 0 Å². The molecule has 106 valence electrons. The molecule has 21 heavy (non-hydrogen) atoms. The third-order valence-electron chi connectivity index (χ3n) is 3.24. The average Bonchev–Trinajstić information content (AvgIpc) is 2.80. The molecule has 0 spiro atoms. The maximum Gasteiger partial charge on any atom is 0.260 e. The summed E-state index contributed by atoms with van der Waals surface area (Å²) in [4.78, 5) is 15.4. The molecule has 0 radical (unpaired) electrons. The molecular formula is C16H12ClFN2O. The van der Waals surface area contributed by atoms with E-state index in [4.69, 9.17) is 11.6 Å². The molecule has 5 heteroatoms. The Bertz CT molecular complexity index is 821. The van der Waals surface area contributed by atoms with Crippen LogP contribution < -0.4 is 5.32 Å². The van der Waals surface area contributed by atoms with Gasteiger partial charge in [-0.1, -0.05) is 23.7 Å². The predicted molar refractivity (Wildman–Crippen MR) is 82.4 cm³/mol. The highest BCUT2D eigenvalue weighted by Gasteiger charge is 2.16. The molecule has 0 aliphatic heterocycles. The lowest BCUT2D eigenvalue weighted by Crippen LogP contribution is -2.14. The number of hydrogen-bond donors (Lipinski definition) is 2. The van der Waals surface area contributed by atoms with Gasteiger partial charge in [0.25, 0.3) is 5.91 Å². The maximum atomic E-state index is 13.8. The molecule has 2 N–H and O–H groups in total. The summed E-state index contributed by atoms with van der Waals surface area (Å²) in [5.41, 5.74) is 2.35. The van der Waals surface area contributed by atoms with Crippen LogP contribution in [-0.4, -0.2) is 10.9 Å². The van der Waals surface area contributed by atoms with E-state index in [1.165, 1.54) is 18.2 Å². The molecule has 3 aromatic rings. The number of anilines is 1. The fraction of sp³-hybridized carbons (Fsp3) is 0.0625. The first kappa shape index (κ1) is 13.6. The van der Waals surface area contributed by atoms with Crippen LogP contribution >= 0.6 is 11.6 Å². The lowest BCUT2D eigenvalue weighted by atomic mass is 10.1. The van der Waals surface area contributed by atoms with Crippen molar-refractivity contribution in [2.24, 2.45) is 0 Å². The number of benzene rings is 2. The van der Waals surface area contributed by atoms with Crippen LogP contribution in [0.25, 0.3) is 10.9 Å². The van der Waals surface area contributed by atoms with E-state index in [0.717, 1.165) is 16.6 Å². The maximum absolute atomic E-state index is 13.8. The molecule has 3 rings (SSSR count). The quantitative estimate of drug-likeness (QED) is 0.718. The molecule has 2 aromatic carbocycles. The molecule has 0 atom stereocenters. The van der Waals surface area contributed by atoms with Gasteiger partial charge in [0.05, 0.1) is 16.3 Å². The Morgan fingerprint density at radius 1 is 1.24 bits per heavy atom. The summed E-state index contributed by atoms with van der Waals surface area (Å²) < 4.78 is 13.8. The normalized spacial score (nSPS) is 10.8. The first-order valence-corrected chi connectivity index (χ1v) is 6.78. The van der Waals surface area contributed by atoms with Crippen LogP contribution in [0.5, 0.6) is 0 Å². The summed E-state index contributed by atoms with van der Waals surface area (Å²) in [5, 5.41) is 3.67. The number of aromatic amines is 1. The molecule has 1 amide bonds. The zero-order chi connectivity index (χ0) is 15.0. The van der Waals surface area contributed by atoms with Crippen molar-refractivity contribution in [1.82, 2.24) is 4.98 Å². The zero-order valence-corrected chi connectivity index (χ0v) is 12.0. The SMILES string of the molecule is Cc1cc2c(NC(=O)c3c(F)cccc3Cl)cccc2[nH]1. The predicted octanol–water partition coefficient (Wildman–Crippen LogP) is 4.52. The number of amides is 1. The topological polar surface area (TPSA) is 44.9 Å². The average molecular weight is 303 g/mol. The molecule has 0 unspecified atom stereocenters. The van der Waals surface area contributed by atoms with E-state index in [0.29, 0.717) is 5.69 Å². The number of aryl methyl sites for hydroxylation is 1. The first-order chi connectivity index (χ1) is 10.1. The fourth-order valence-electron chi connectivity index (χ4n) is 2.30. The molecule has 0 aliphatic rings. The lowest BCUT2D eigenvalue weighted by Gasteiger charge is -2.08. The standard InChI is InChI=1S/C16H12ClFN2O/c1-9-8-10-13(19-9)6-3-7-14(10)20-16(21)15-11(17)4-2-5-12(15)18/h2-8,19H,1H3,(H,20,21). The molecule has 1 heterocycles. The van der Waals surface area contributed by atoms with Crippen molar-refractivity contribution in [2.75, 3.05) is 5.32 Å². The summed E-state index contributed by atoms with van der Waals surface area (Å²) in [5.74, 6) is -1.21. The van der Waals surface area contributed by atoms with Crippen LogP contribution in [0.15, 0.2) is 42.5 Å². The highest BCUT2D eigenvalue weighted by Crippen LogP contribution is 2.26. The van der Waals surface area contributed by atoms with Gasteiger partial charge in [-0.15, -0.1) is 0 Å².